The monoisotopic (exact) mass is 328 g/mol. The second-order valence-corrected chi connectivity index (χ2v) is 10.3. The Balaban J connectivity index is 2.73. The summed E-state index contributed by atoms with van der Waals surface area (Å²) in [6.07, 6.45) is 1.07. The Hall–Kier alpha value is -0.180. The zero-order chi connectivity index (χ0) is 15.4. The van der Waals surface area contributed by atoms with Gasteiger partial charge in [0.05, 0.1) is 30.5 Å². The summed E-state index contributed by atoms with van der Waals surface area (Å²) in [5, 5.41) is 19.2. The van der Waals surface area contributed by atoms with Crippen molar-refractivity contribution in [3.8, 4) is 0 Å². The topological polar surface area (TPSA) is 109 Å². The molecule has 0 aromatic rings. The summed E-state index contributed by atoms with van der Waals surface area (Å²) in [5.74, 6) is -0.186. The third kappa shape index (κ3) is 4.41. The van der Waals surface area contributed by atoms with E-state index in [0.717, 1.165) is 0 Å². The molecular weight excluding hydrogens is 304 g/mol. The van der Waals surface area contributed by atoms with E-state index in [2.05, 4.69) is 0 Å². The van der Waals surface area contributed by atoms with Crippen molar-refractivity contribution in [2.45, 2.75) is 26.2 Å². The van der Waals surface area contributed by atoms with E-state index in [4.69, 9.17) is 0 Å². The van der Waals surface area contributed by atoms with Crippen LogP contribution in [0.15, 0.2) is 0 Å². The van der Waals surface area contributed by atoms with Crippen molar-refractivity contribution in [1.82, 2.24) is 0 Å². The highest BCUT2D eigenvalue weighted by molar-refractivity contribution is 7.91. The van der Waals surface area contributed by atoms with E-state index >= 15 is 0 Å². The molecule has 2 N–H and O–H groups in total. The van der Waals surface area contributed by atoms with E-state index in [-0.39, 0.29) is 42.1 Å². The molecule has 0 aromatic heterocycles. The largest absolute Gasteiger partial charge is 0.396 e. The molecule has 0 saturated carbocycles. The van der Waals surface area contributed by atoms with Crippen LogP contribution < -0.4 is 0 Å². The van der Waals surface area contributed by atoms with E-state index in [1.54, 1.807) is 6.92 Å². The van der Waals surface area contributed by atoms with Crippen LogP contribution in [-0.2, 0) is 19.7 Å². The Kier molecular flexibility index (Phi) is 6.01. The van der Waals surface area contributed by atoms with Crippen LogP contribution in [0.4, 0.5) is 0 Å². The van der Waals surface area contributed by atoms with E-state index < -0.39 is 25.1 Å². The number of aliphatic hydroxyl groups is 2. The minimum atomic E-state index is -3.10. The lowest BCUT2D eigenvalue weighted by molar-refractivity contribution is 0.00471. The zero-order valence-corrected chi connectivity index (χ0v) is 13.4. The van der Waals surface area contributed by atoms with Crippen molar-refractivity contribution in [2.75, 3.05) is 36.2 Å². The summed E-state index contributed by atoms with van der Waals surface area (Å²) >= 11 is 0. The maximum absolute atomic E-state index is 11.5. The lowest BCUT2D eigenvalue weighted by Crippen LogP contribution is -2.39. The van der Waals surface area contributed by atoms with Gasteiger partial charge in [-0.1, -0.05) is 6.92 Å². The lowest BCUT2D eigenvalue weighted by atomic mass is 9.73. The minimum Gasteiger partial charge on any atom is -0.396 e. The van der Waals surface area contributed by atoms with Gasteiger partial charge >= 0.3 is 0 Å². The predicted molar refractivity (Wildman–Crippen MR) is 76.9 cm³/mol. The second-order valence-electron chi connectivity index (χ2n) is 5.62. The molecule has 6 nitrogen and oxygen atoms in total. The van der Waals surface area contributed by atoms with Gasteiger partial charge in [-0.25, -0.2) is 16.8 Å². The van der Waals surface area contributed by atoms with Crippen molar-refractivity contribution in [2.24, 2.45) is 11.3 Å². The van der Waals surface area contributed by atoms with Crippen LogP contribution >= 0.6 is 0 Å². The summed E-state index contributed by atoms with van der Waals surface area (Å²) in [4.78, 5) is 0. The van der Waals surface area contributed by atoms with Crippen molar-refractivity contribution >= 4 is 19.7 Å². The summed E-state index contributed by atoms with van der Waals surface area (Å²) in [5.41, 5.74) is -0.896. The van der Waals surface area contributed by atoms with Crippen LogP contribution in [0.1, 0.15) is 26.2 Å². The first-order valence-corrected chi connectivity index (χ1v) is 10.5. The first kappa shape index (κ1) is 17.9. The molecule has 1 aliphatic rings. The molecule has 20 heavy (non-hydrogen) atoms. The van der Waals surface area contributed by atoms with Gasteiger partial charge in [0.2, 0.25) is 0 Å². The fourth-order valence-corrected chi connectivity index (χ4v) is 5.55. The predicted octanol–water partition coefficient (Wildman–Crippen LogP) is -0.393. The number of hydrogen-bond acceptors (Lipinski definition) is 6. The normalized spacial score (nSPS) is 23.1. The molecule has 1 fully saturated rings. The molecule has 0 spiro atoms. The average molecular weight is 328 g/mol. The number of sulfone groups is 2. The molecule has 1 saturated heterocycles. The molecule has 0 amide bonds. The van der Waals surface area contributed by atoms with Gasteiger partial charge < -0.3 is 10.2 Å². The Bertz CT molecular complexity index is 504. The molecule has 0 aliphatic carbocycles. The molecule has 0 aromatic carbocycles. The van der Waals surface area contributed by atoms with Crippen LogP contribution in [0.5, 0.6) is 0 Å². The van der Waals surface area contributed by atoms with E-state index in [1.165, 1.54) is 0 Å². The average Bonchev–Trinajstić information content (AvgIpc) is 2.76. The molecule has 1 atom stereocenters. The highest BCUT2D eigenvalue weighted by Gasteiger charge is 2.43. The van der Waals surface area contributed by atoms with Gasteiger partial charge in [0.1, 0.15) is 9.84 Å². The maximum Gasteiger partial charge on any atom is 0.150 e. The summed E-state index contributed by atoms with van der Waals surface area (Å²) in [6, 6.07) is 0. The lowest BCUT2D eigenvalue weighted by Gasteiger charge is -2.35. The van der Waals surface area contributed by atoms with Crippen LogP contribution in [0, 0.1) is 11.3 Å². The van der Waals surface area contributed by atoms with Crippen LogP contribution in [0.3, 0.4) is 0 Å². The highest BCUT2D eigenvalue weighted by atomic mass is 32.2. The summed E-state index contributed by atoms with van der Waals surface area (Å²) in [6.45, 7) is 0.927. The fourth-order valence-electron chi connectivity index (χ4n) is 2.74. The molecule has 0 bridgehead atoms. The third-order valence-electron chi connectivity index (χ3n) is 4.30. The van der Waals surface area contributed by atoms with E-state index in [0.29, 0.717) is 19.3 Å². The fraction of sp³-hybridized carbons (Fsp3) is 1.00. The number of aliphatic hydroxyl groups excluding tert-OH is 2. The van der Waals surface area contributed by atoms with Gasteiger partial charge in [0.25, 0.3) is 0 Å². The maximum atomic E-state index is 11.5. The Morgan fingerprint density at radius 3 is 2.25 bits per heavy atom. The summed E-state index contributed by atoms with van der Waals surface area (Å²) < 4.78 is 46.0. The number of rotatable bonds is 8. The first-order chi connectivity index (χ1) is 9.20. The second kappa shape index (κ2) is 6.72. The standard InChI is InChI=1S/C12H24O6S2/c1-2-19(15,16)6-3-5-12(9-13,10-14)11-4-7-20(17,18)8-11/h11,13-14H,2-10H2,1H3. The molecule has 1 heterocycles. The minimum absolute atomic E-state index is 0.00468. The molecular formula is C12H24O6S2. The Morgan fingerprint density at radius 2 is 1.85 bits per heavy atom. The van der Waals surface area contributed by atoms with Gasteiger partial charge in [0, 0.05) is 11.2 Å². The molecule has 120 valence electrons. The van der Waals surface area contributed by atoms with Crippen molar-refractivity contribution < 1.29 is 27.0 Å². The van der Waals surface area contributed by atoms with E-state index in [9.17, 15) is 27.0 Å². The van der Waals surface area contributed by atoms with Gasteiger partial charge in [-0.3, -0.25) is 0 Å². The van der Waals surface area contributed by atoms with Crippen molar-refractivity contribution in [3.63, 3.8) is 0 Å². The molecule has 1 unspecified atom stereocenters. The SMILES string of the molecule is CCS(=O)(=O)CCCC(CO)(CO)C1CCS(=O)(=O)C1. The first-order valence-electron chi connectivity index (χ1n) is 6.83. The third-order valence-corrected chi connectivity index (χ3v) is 7.86. The van der Waals surface area contributed by atoms with Crippen LogP contribution in [0.25, 0.3) is 0 Å². The van der Waals surface area contributed by atoms with Gasteiger partial charge in [-0.05, 0) is 25.2 Å². The smallest absolute Gasteiger partial charge is 0.150 e. The molecule has 1 aliphatic heterocycles. The van der Waals surface area contributed by atoms with Gasteiger partial charge in [-0.2, -0.15) is 0 Å². The molecule has 1 rings (SSSR count). The Morgan fingerprint density at radius 1 is 1.25 bits per heavy atom. The van der Waals surface area contributed by atoms with Crippen LogP contribution in [-0.4, -0.2) is 63.3 Å². The zero-order valence-electron chi connectivity index (χ0n) is 11.8. The van der Waals surface area contributed by atoms with Crippen molar-refractivity contribution in [1.29, 1.82) is 0 Å². The van der Waals surface area contributed by atoms with Crippen LogP contribution in [0.2, 0.25) is 0 Å². The quantitative estimate of drug-likeness (QED) is 0.628. The van der Waals surface area contributed by atoms with Crippen molar-refractivity contribution in [3.05, 3.63) is 0 Å². The number of hydrogen-bond donors (Lipinski definition) is 2. The van der Waals surface area contributed by atoms with Gasteiger partial charge in [0.15, 0.2) is 9.84 Å². The Labute approximate surface area is 121 Å². The molecule has 0 radical (unpaired) electrons. The molecule has 8 heteroatoms. The van der Waals surface area contributed by atoms with E-state index in [1.807, 2.05) is 0 Å². The van der Waals surface area contributed by atoms with Gasteiger partial charge in [-0.15, -0.1) is 0 Å². The highest BCUT2D eigenvalue weighted by Crippen LogP contribution is 2.39. The summed E-state index contributed by atoms with van der Waals surface area (Å²) in [7, 11) is -6.18.